The van der Waals surface area contributed by atoms with Crippen molar-refractivity contribution < 1.29 is 4.79 Å². The molecule has 1 amide bonds. The number of hydrogen-bond acceptors (Lipinski definition) is 3. The van der Waals surface area contributed by atoms with Crippen molar-refractivity contribution in [2.24, 2.45) is 0 Å². The largest absolute Gasteiger partial charge is 0.352 e. The Bertz CT molecular complexity index is 616. The maximum atomic E-state index is 12.0. The van der Waals surface area contributed by atoms with E-state index in [-0.39, 0.29) is 5.91 Å². The van der Waals surface area contributed by atoms with Crippen molar-refractivity contribution in [3.05, 3.63) is 52.8 Å². The number of carbonyl (C=O) groups is 1. The van der Waals surface area contributed by atoms with Crippen molar-refractivity contribution in [3.63, 3.8) is 0 Å². The molecule has 1 aromatic carbocycles. The minimum absolute atomic E-state index is 0.0197. The number of nitrogens with one attached hydrogen (secondary N) is 2. The Morgan fingerprint density at radius 1 is 1.18 bits per heavy atom. The molecule has 5 nitrogen and oxygen atoms in total. The van der Waals surface area contributed by atoms with Gasteiger partial charge in [0.2, 0.25) is 0 Å². The van der Waals surface area contributed by atoms with Crippen LogP contribution >= 0.6 is 0 Å². The molecule has 2 rings (SSSR count). The van der Waals surface area contributed by atoms with Gasteiger partial charge in [-0.05, 0) is 57.6 Å². The van der Waals surface area contributed by atoms with Crippen LogP contribution in [0.25, 0.3) is 0 Å². The smallest absolute Gasteiger partial charge is 0.251 e. The summed E-state index contributed by atoms with van der Waals surface area (Å²) in [5, 5.41) is 10.4. The summed E-state index contributed by atoms with van der Waals surface area (Å²) >= 11 is 0. The zero-order chi connectivity index (χ0) is 15.9. The molecule has 0 bridgehead atoms. The number of aryl methyl sites for hydroxylation is 2. The highest BCUT2D eigenvalue weighted by Gasteiger charge is 2.06. The van der Waals surface area contributed by atoms with Crippen molar-refractivity contribution in [1.82, 2.24) is 20.4 Å². The molecular weight excluding hydrogens is 276 g/mol. The first kappa shape index (κ1) is 16.2. The van der Waals surface area contributed by atoms with E-state index >= 15 is 0 Å². The van der Waals surface area contributed by atoms with Gasteiger partial charge >= 0.3 is 0 Å². The van der Waals surface area contributed by atoms with E-state index in [1.165, 1.54) is 0 Å². The Kier molecular flexibility index (Phi) is 5.72. The lowest BCUT2D eigenvalue weighted by Crippen LogP contribution is -2.26. The summed E-state index contributed by atoms with van der Waals surface area (Å²) in [5.41, 5.74) is 4.00. The van der Waals surface area contributed by atoms with Crippen LogP contribution in [0.2, 0.25) is 0 Å². The second-order valence-corrected chi connectivity index (χ2v) is 5.49. The van der Waals surface area contributed by atoms with Crippen LogP contribution in [-0.4, -0.2) is 35.8 Å². The Morgan fingerprint density at radius 2 is 1.91 bits per heavy atom. The van der Waals surface area contributed by atoms with E-state index in [1.54, 1.807) is 0 Å². The molecular formula is C17H24N4O. The van der Waals surface area contributed by atoms with E-state index in [0.717, 1.165) is 36.5 Å². The first-order valence-electron chi connectivity index (χ1n) is 7.63. The monoisotopic (exact) mass is 300 g/mol. The van der Waals surface area contributed by atoms with Gasteiger partial charge in [0.25, 0.3) is 5.91 Å². The van der Waals surface area contributed by atoms with Crippen LogP contribution in [0.1, 0.15) is 33.7 Å². The molecule has 0 spiro atoms. The van der Waals surface area contributed by atoms with E-state index in [0.29, 0.717) is 12.1 Å². The molecule has 0 radical (unpaired) electrons. The number of carbonyl (C=O) groups excluding carboxylic acids is 1. The fourth-order valence-corrected chi connectivity index (χ4v) is 2.34. The van der Waals surface area contributed by atoms with Gasteiger partial charge in [-0.15, -0.1) is 0 Å². The highest BCUT2D eigenvalue weighted by Crippen LogP contribution is 2.09. The summed E-state index contributed by atoms with van der Waals surface area (Å²) in [6, 6.07) is 9.77. The highest BCUT2D eigenvalue weighted by molar-refractivity contribution is 5.94. The number of aromatic nitrogens is 2. The number of nitrogens with zero attached hydrogens (tertiary/aromatic N) is 2. The van der Waals surface area contributed by atoms with Crippen molar-refractivity contribution in [2.75, 3.05) is 20.1 Å². The van der Waals surface area contributed by atoms with Crippen molar-refractivity contribution >= 4 is 5.91 Å². The number of benzene rings is 1. The van der Waals surface area contributed by atoms with Crippen LogP contribution in [0, 0.1) is 13.8 Å². The quantitative estimate of drug-likeness (QED) is 0.768. The third-order valence-electron chi connectivity index (χ3n) is 3.54. The first-order chi connectivity index (χ1) is 10.6. The van der Waals surface area contributed by atoms with Gasteiger partial charge in [0.1, 0.15) is 0 Å². The van der Waals surface area contributed by atoms with Crippen LogP contribution in [0.4, 0.5) is 0 Å². The van der Waals surface area contributed by atoms with Gasteiger partial charge in [-0.1, -0.05) is 12.1 Å². The minimum Gasteiger partial charge on any atom is -0.352 e. The van der Waals surface area contributed by atoms with Crippen LogP contribution in [0.5, 0.6) is 0 Å². The van der Waals surface area contributed by atoms with E-state index in [9.17, 15) is 4.79 Å². The Labute approximate surface area is 131 Å². The SMILES string of the molecule is CNCCCNC(=O)c1ccc(Cn2nc(C)cc2C)cc1. The molecule has 118 valence electrons. The summed E-state index contributed by atoms with van der Waals surface area (Å²) < 4.78 is 1.97. The Balaban J connectivity index is 1.92. The third kappa shape index (κ3) is 4.43. The van der Waals surface area contributed by atoms with E-state index in [1.807, 2.05) is 49.8 Å². The normalized spacial score (nSPS) is 10.7. The Hall–Kier alpha value is -2.14. The van der Waals surface area contributed by atoms with Gasteiger partial charge in [-0.25, -0.2) is 0 Å². The molecule has 0 saturated heterocycles. The summed E-state index contributed by atoms with van der Waals surface area (Å²) in [5.74, 6) is -0.0197. The molecule has 22 heavy (non-hydrogen) atoms. The van der Waals surface area contributed by atoms with Crippen LogP contribution in [0.3, 0.4) is 0 Å². The lowest BCUT2D eigenvalue weighted by atomic mass is 10.1. The van der Waals surface area contributed by atoms with Crippen molar-refractivity contribution in [2.45, 2.75) is 26.8 Å². The molecule has 5 heteroatoms. The van der Waals surface area contributed by atoms with Crippen LogP contribution in [-0.2, 0) is 6.54 Å². The molecule has 0 aliphatic rings. The third-order valence-corrected chi connectivity index (χ3v) is 3.54. The van der Waals surface area contributed by atoms with Gasteiger partial charge in [0.15, 0.2) is 0 Å². The van der Waals surface area contributed by atoms with Gasteiger partial charge < -0.3 is 10.6 Å². The van der Waals surface area contributed by atoms with Crippen molar-refractivity contribution in [1.29, 1.82) is 0 Å². The number of amides is 1. The van der Waals surface area contributed by atoms with Gasteiger partial charge in [-0.2, -0.15) is 5.10 Å². The minimum atomic E-state index is -0.0197. The summed E-state index contributed by atoms with van der Waals surface area (Å²) in [6.45, 7) is 6.36. The average Bonchev–Trinajstić information content (AvgIpc) is 2.82. The lowest BCUT2D eigenvalue weighted by molar-refractivity contribution is 0.0953. The molecule has 2 aromatic rings. The lowest BCUT2D eigenvalue weighted by Gasteiger charge is -2.07. The first-order valence-corrected chi connectivity index (χ1v) is 7.63. The van der Waals surface area contributed by atoms with Crippen molar-refractivity contribution in [3.8, 4) is 0 Å². The summed E-state index contributed by atoms with van der Waals surface area (Å²) in [6.07, 6.45) is 0.929. The van der Waals surface area contributed by atoms with Crippen LogP contribution < -0.4 is 10.6 Å². The topological polar surface area (TPSA) is 58.9 Å². The average molecular weight is 300 g/mol. The fraction of sp³-hybridized carbons (Fsp3) is 0.412. The molecule has 0 aliphatic carbocycles. The molecule has 1 heterocycles. The standard InChI is InChI=1S/C17H24N4O/c1-13-11-14(2)21(20-13)12-15-5-7-16(8-6-15)17(22)19-10-4-9-18-3/h5-8,11,18H,4,9-10,12H2,1-3H3,(H,19,22). The van der Waals surface area contributed by atoms with Gasteiger partial charge in [0.05, 0.1) is 12.2 Å². The second-order valence-electron chi connectivity index (χ2n) is 5.49. The summed E-state index contributed by atoms with van der Waals surface area (Å²) in [4.78, 5) is 12.0. The molecule has 0 aliphatic heterocycles. The molecule has 1 aromatic heterocycles. The summed E-state index contributed by atoms with van der Waals surface area (Å²) in [7, 11) is 1.91. The zero-order valence-electron chi connectivity index (χ0n) is 13.5. The molecule has 0 unspecified atom stereocenters. The highest BCUT2D eigenvalue weighted by atomic mass is 16.1. The van der Waals surface area contributed by atoms with Crippen LogP contribution in [0.15, 0.2) is 30.3 Å². The second kappa shape index (κ2) is 7.75. The number of hydrogen-bond donors (Lipinski definition) is 2. The predicted molar refractivity (Wildman–Crippen MR) is 88.1 cm³/mol. The fourth-order valence-electron chi connectivity index (χ4n) is 2.34. The van der Waals surface area contributed by atoms with Gasteiger partial charge in [0, 0.05) is 17.8 Å². The molecule has 0 atom stereocenters. The zero-order valence-corrected chi connectivity index (χ0v) is 13.5. The maximum absolute atomic E-state index is 12.0. The van der Waals surface area contributed by atoms with Gasteiger partial charge in [-0.3, -0.25) is 9.48 Å². The Morgan fingerprint density at radius 3 is 2.50 bits per heavy atom. The molecule has 2 N–H and O–H groups in total. The van der Waals surface area contributed by atoms with E-state index in [4.69, 9.17) is 0 Å². The molecule has 0 saturated carbocycles. The van der Waals surface area contributed by atoms with E-state index in [2.05, 4.69) is 21.8 Å². The van der Waals surface area contributed by atoms with E-state index < -0.39 is 0 Å². The molecule has 0 fully saturated rings. The maximum Gasteiger partial charge on any atom is 0.251 e. The number of rotatable bonds is 7. The predicted octanol–water partition coefficient (Wildman–Crippen LogP) is 1.89.